The molecule has 1 aliphatic carbocycles. The van der Waals surface area contributed by atoms with E-state index >= 15 is 0 Å². The summed E-state index contributed by atoms with van der Waals surface area (Å²) in [6, 6.07) is 4.95. The fraction of sp³-hybridized carbons (Fsp3) is 0.273. The molecule has 0 saturated heterocycles. The third kappa shape index (κ3) is 3.20. The van der Waals surface area contributed by atoms with Crippen LogP contribution in [-0.2, 0) is 4.79 Å². The number of hydrazine groups is 1. The van der Waals surface area contributed by atoms with Gasteiger partial charge in [0.2, 0.25) is 5.91 Å². The number of carbonyl (C=O) groups excluding carboxylic acids is 2. The molecule has 0 heterocycles. The number of nitrogens with one attached hydrogen (secondary N) is 2. The molecule has 0 spiro atoms. The van der Waals surface area contributed by atoms with E-state index in [4.69, 9.17) is 11.6 Å². The van der Waals surface area contributed by atoms with Gasteiger partial charge in [0.15, 0.2) is 0 Å². The van der Waals surface area contributed by atoms with Crippen molar-refractivity contribution in [3.05, 3.63) is 33.3 Å². The predicted octanol–water partition coefficient (Wildman–Crippen LogP) is 2.27. The lowest BCUT2D eigenvalue weighted by Crippen LogP contribution is -2.42. The van der Waals surface area contributed by atoms with Gasteiger partial charge in [0.05, 0.1) is 10.6 Å². The maximum atomic E-state index is 11.7. The summed E-state index contributed by atoms with van der Waals surface area (Å²) in [6.45, 7) is 0. The Morgan fingerprint density at radius 1 is 1.29 bits per heavy atom. The van der Waals surface area contributed by atoms with Gasteiger partial charge in [-0.05, 0) is 31.0 Å². The van der Waals surface area contributed by atoms with E-state index in [1.54, 1.807) is 18.2 Å². The van der Waals surface area contributed by atoms with Crippen LogP contribution in [0, 0.1) is 5.92 Å². The number of halogens is 2. The number of rotatable bonds is 2. The van der Waals surface area contributed by atoms with E-state index in [1.807, 2.05) is 0 Å². The molecule has 1 aliphatic rings. The second-order valence-corrected chi connectivity index (χ2v) is 5.16. The number of carbonyl (C=O) groups is 2. The highest BCUT2D eigenvalue weighted by Crippen LogP contribution is 2.28. The van der Waals surface area contributed by atoms with Gasteiger partial charge in [-0.3, -0.25) is 20.4 Å². The maximum Gasteiger partial charge on any atom is 0.271 e. The fourth-order valence-corrected chi connectivity index (χ4v) is 1.87. The third-order valence-electron chi connectivity index (χ3n) is 2.42. The lowest BCUT2D eigenvalue weighted by molar-refractivity contribution is -0.123. The summed E-state index contributed by atoms with van der Waals surface area (Å²) < 4.78 is 0.751. The summed E-state index contributed by atoms with van der Waals surface area (Å²) in [6.07, 6.45) is 1.78. The average molecular weight is 318 g/mol. The normalized spacial score (nSPS) is 14.2. The van der Waals surface area contributed by atoms with Crippen molar-refractivity contribution in [3.8, 4) is 0 Å². The highest BCUT2D eigenvalue weighted by atomic mass is 79.9. The minimum absolute atomic E-state index is 0.0493. The zero-order valence-corrected chi connectivity index (χ0v) is 11.1. The molecular weight excluding hydrogens is 307 g/mol. The molecule has 0 atom stereocenters. The van der Waals surface area contributed by atoms with Crippen LogP contribution in [0.4, 0.5) is 0 Å². The molecule has 17 heavy (non-hydrogen) atoms. The first-order valence-electron chi connectivity index (χ1n) is 5.13. The van der Waals surface area contributed by atoms with E-state index in [9.17, 15) is 9.59 Å². The minimum atomic E-state index is -0.426. The topological polar surface area (TPSA) is 58.2 Å². The Hall–Kier alpha value is -1.07. The predicted molar refractivity (Wildman–Crippen MR) is 67.5 cm³/mol. The van der Waals surface area contributed by atoms with Crippen LogP contribution in [0.5, 0.6) is 0 Å². The number of benzene rings is 1. The Morgan fingerprint density at radius 3 is 2.65 bits per heavy atom. The maximum absolute atomic E-state index is 11.7. The summed E-state index contributed by atoms with van der Waals surface area (Å²) in [5.41, 5.74) is 5.04. The SMILES string of the molecule is O=C(NNC(=O)C1CC1)c1cc(Br)ccc1Cl. The van der Waals surface area contributed by atoms with Crippen molar-refractivity contribution in [2.75, 3.05) is 0 Å². The van der Waals surface area contributed by atoms with Crippen LogP contribution >= 0.6 is 27.5 Å². The van der Waals surface area contributed by atoms with Crippen LogP contribution in [-0.4, -0.2) is 11.8 Å². The largest absolute Gasteiger partial charge is 0.273 e. The van der Waals surface area contributed by atoms with Crippen molar-refractivity contribution in [1.82, 2.24) is 10.9 Å². The van der Waals surface area contributed by atoms with Gasteiger partial charge >= 0.3 is 0 Å². The molecule has 6 heteroatoms. The zero-order chi connectivity index (χ0) is 12.4. The molecular formula is C11H10BrClN2O2. The van der Waals surface area contributed by atoms with E-state index in [-0.39, 0.29) is 11.8 Å². The Morgan fingerprint density at radius 2 is 2.00 bits per heavy atom. The van der Waals surface area contributed by atoms with Crippen molar-refractivity contribution in [1.29, 1.82) is 0 Å². The van der Waals surface area contributed by atoms with Crippen molar-refractivity contribution >= 4 is 39.3 Å². The Kier molecular flexibility index (Phi) is 3.69. The van der Waals surface area contributed by atoms with E-state index < -0.39 is 5.91 Å². The van der Waals surface area contributed by atoms with Gasteiger partial charge in [-0.2, -0.15) is 0 Å². The molecule has 2 N–H and O–H groups in total. The second-order valence-electron chi connectivity index (χ2n) is 3.84. The van der Waals surface area contributed by atoms with E-state index in [0.717, 1.165) is 17.3 Å². The summed E-state index contributed by atoms with van der Waals surface area (Å²) in [7, 11) is 0. The first-order valence-corrected chi connectivity index (χ1v) is 6.30. The van der Waals surface area contributed by atoms with Gasteiger partial charge in [0.25, 0.3) is 5.91 Å². The monoisotopic (exact) mass is 316 g/mol. The van der Waals surface area contributed by atoms with Gasteiger partial charge in [0.1, 0.15) is 0 Å². The molecule has 0 aromatic heterocycles. The second kappa shape index (κ2) is 5.06. The molecule has 0 aliphatic heterocycles. The highest BCUT2D eigenvalue weighted by Gasteiger charge is 2.29. The first kappa shape index (κ1) is 12.4. The van der Waals surface area contributed by atoms with Gasteiger partial charge in [-0.25, -0.2) is 0 Å². The number of hydrogen-bond acceptors (Lipinski definition) is 2. The molecule has 4 nitrogen and oxygen atoms in total. The van der Waals surface area contributed by atoms with Crippen molar-refractivity contribution in [2.45, 2.75) is 12.8 Å². The smallest absolute Gasteiger partial charge is 0.271 e. The van der Waals surface area contributed by atoms with Gasteiger partial charge in [-0.15, -0.1) is 0 Å². The van der Waals surface area contributed by atoms with Gasteiger partial charge < -0.3 is 0 Å². The van der Waals surface area contributed by atoms with Gasteiger partial charge in [-0.1, -0.05) is 27.5 Å². The van der Waals surface area contributed by atoms with Crippen LogP contribution in [0.25, 0.3) is 0 Å². The van der Waals surface area contributed by atoms with Crippen LogP contribution < -0.4 is 10.9 Å². The molecule has 2 rings (SSSR count). The van der Waals surface area contributed by atoms with E-state index in [1.165, 1.54) is 0 Å². The fourth-order valence-electron chi connectivity index (χ4n) is 1.30. The quantitative estimate of drug-likeness (QED) is 0.822. The molecule has 1 fully saturated rings. The highest BCUT2D eigenvalue weighted by molar-refractivity contribution is 9.10. The van der Waals surface area contributed by atoms with Crippen LogP contribution in [0.2, 0.25) is 5.02 Å². The minimum Gasteiger partial charge on any atom is -0.273 e. The molecule has 0 bridgehead atoms. The summed E-state index contributed by atoms with van der Waals surface area (Å²) in [5.74, 6) is -0.525. The Balaban J connectivity index is 1.98. The van der Waals surface area contributed by atoms with Crippen molar-refractivity contribution in [3.63, 3.8) is 0 Å². The van der Waals surface area contributed by atoms with Crippen LogP contribution in [0.15, 0.2) is 22.7 Å². The standard InChI is InChI=1S/C11H10BrClN2O2/c12-7-3-4-9(13)8(5-7)11(17)15-14-10(16)6-1-2-6/h3-6H,1-2H2,(H,14,16)(H,15,17). The lowest BCUT2D eigenvalue weighted by atomic mass is 10.2. The molecule has 1 aromatic rings. The Bertz CT molecular complexity index is 475. The van der Waals surface area contributed by atoms with Gasteiger partial charge in [0, 0.05) is 10.4 Å². The van der Waals surface area contributed by atoms with Crippen molar-refractivity contribution < 1.29 is 9.59 Å². The number of amides is 2. The molecule has 1 saturated carbocycles. The molecule has 1 aromatic carbocycles. The molecule has 2 amide bonds. The van der Waals surface area contributed by atoms with E-state index in [2.05, 4.69) is 26.8 Å². The average Bonchev–Trinajstić information content (AvgIpc) is 3.12. The summed E-state index contributed by atoms with van der Waals surface area (Å²) in [5, 5.41) is 0.339. The van der Waals surface area contributed by atoms with E-state index in [0.29, 0.717) is 10.6 Å². The lowest BCUT2D eigenvalue weighted by Gasteiger charge is -2.08. The summed E-state index contributed by atoms with van der Waals surface area (Å²) >= 11 is 9.14. The third-order valence-corrected chi connectivity index (χ3v) is 3.24. The van der Waals surface area contributed by atoms with Crippen molar-refractivity contribution in [2.24, 2.45) is 5.92 Å². The Labute approximate surface area is 112 Å². The van der Waals surface area contributed by atoms with Crippen LogP contribution in [0.1, 0.15) is 23.2 Å². The summed E-state index contributed by atoms with van der Waals surface area (Å²) in [4.78, 5) is 23.1. The zero-order valence-electron chi connectivity index (χ0n) is 8.80. The molecule has 90 valence electrons. The number of hydrogen-bond donors (Lipinski definition) is 2. The molecule has 0 radical (unpaired) electrons. The van der Waals surface area contributed by atoms with Crippen LogP contribution in [0.3, 0.4) is 0 Å². The first-order chi connectivity index (χ1) is 8.08. The molecule has 0 unspecified atom stereocenters.